The number of amides is 3. The van der Waals surface area contributed by atoms with Gasteiger partial charge in [0.2, 0.25) is 5.91 Å². The Hall–Kier alpha value is -2.90. The summed E-state index contributed by atoms with van der Waals surface area (Å²) in [5, 5.41) is 16.2. The molecule has 1 fully saturated rings. The summed E-state index contributed by atoms with van der Waals surface area (Å²) in [6, 6.07) is 4.23. The first-order valence-corrected chi connectivity index (χ1v) is 6.29. The van der Waals surface area contributed by atoms with E-state index in [1.807, 2.05) is 0 Å². The molecule has 108 valence electrons. The first-order valence-electron chi connectivity index (χ1n) is 6.29. The Bertz CT molecular complexity index is 780. The molecule has 1 aromatic heterocycles. The zero-order chi connectivity index (χ0) is 15.1. The molecule has 2 heterocycles. The van der Waals surface area contributed by atoms with Crippen molar-refractivity contribution in [2.75, 3.05) is 11.4 Å². The van der Waals surface area contributed by atoms with Crippen molar-refractivity contribution in [1.29, 1.82) is 0 Å². The number of aromatic carboxylic acids is 1. The molecule has 1 aliphatic rings. The zero-order valence-corrected chi connectivity index (χ0v) is 11.2. The van der Waals surface area contributed by atoms with Gasteiger partial charge in [-0.3, -0.25) is 19.7 Å². The monoisotopic (exact) mass is 288 g/mol. The third-order valence-corrected chi connectivity index (χ3v) is 3.37. The predicted octanol–water partition coefficient (Wildman–Crippen LogP) is 0.718. The summed E-state index contributed by atoms with van der Waals surface area (Å²) >= 11 is 0. The Morgan fingerprint density at radius 2 is 2.14 bits per heavy atom. The van der Waals surface area contributed by atoms with E-state index in [1.165, 1.54) is 15.6 Å². The maximum Gasteiger partial charge on any atom is 0.337 e. The molecule has 0 bridgehead atoms. The number of carbonyl (C=O) groups excluding carboxylic acids is 2. The molecular weight excluding hydrogens is 276 g/mol. The number of nitrogens with one attached hydrogen (secondary N) is 1. The van der Waals surface area contributed by atoms with Gasteiger partial charge in [0.1, 0.15) is 11.3 Å². The topological polar surface area (TPSA) is 105 Å². The number of imide groups is 1. The molecule has 1 aliphatic heterocycles. The Morgan fingerprint density at radius 1 is 1.38 bits per heavy atom. The van der Waals surface area contributed by atoms with Crippen molar-refractivity contribution in [2.24, 2.45) is 7.05 Å². The first-order chi connectivity index (χ1) is 9.99. The molecule has 3 rings (SSSR count). The fraction of sp³-hybridized carbons (Fsp3) is 0.231. The van der Waals surface area contributed by atoms with E-state index in [0.717, 1.165) is 0 Å². The van der Waals surface area contributed by atoms with Crippen LogP contribution in [0.25, 0.3) is 10.9 Å². The number of hydrogen-bond donors (Lipinski definition) is 2. The number of carbonyl (C=O) groups is 3. The molecule has 8 nitrogen and oxygen atoms in total. The fourth-order valence-corrected chi connectivity index (χ4v) is 2.46. The van der Waals surface area contributed by atoms with E-state index in [0.29, 0.717) is 16.7 Å². The van der Waals surface area contributed by atoms with Crippen molar-refractivity contribution < 1.29 is 19.5 Å². The van der Waals surface area contributed by atoms with Crippen molar-refractivity contribution in [3.05, 3.63) is 23.8 Å². The number of nitrogens with zero attached hydrogens (tertiary/aromatic N) is 3. The lowest BCUT2D eigenvalue weighted by Gasteiger charge is -2.26. The molecule has 2 N–H and O–H groups in total. The minimum atomic E-state index is -1.08. The number of urea groups is 1. The molecule has 21 heavy (non-hydrogen) atoms. The second kappa shape index (κ2) is 4.58. The van der Waals surface area contributed by atoms with E-state index in [2.05, 4.69) is 10.4 Å². The van der Waals surface area contributed by atoms with Crippen LogP contribution < -0.4 is 10.2 Å². The standard InChI is InChI=1S/C13H12N4O4/c1-16-11(17-6-5-9(18)14-13(17)21)7-3-2-4-8(12(19)20)10(7)15-16/h2-4H,5-6H2,1H3,(H,19,20)(H,14,18,21). The lowest BCUT2D eigenvalue weighted by molar-refractivity contribution is -0.120. The number of aryl methyl sites for hydroxylation is 1. The molecule has 0 aliphatic carbocycles. The predicted molar refractivity (Wildman–Crippen MR) is 73.2 cm³/mol. The maximum atomic E-state index is 12.0. The van der Waals surface area contributed by atoms with Crippen LogP contribution >= 0.6 is 0 Å². The summed E-state index contributed by atoms with van der Waals surface area (Å²) < 4.78 is 1.45. The van der Waals surface area contributed by atoms with E-state index in [9.17, 15) is 19.5 Å². The van der Waals surface area contributed by atoms with Gasteiger partial charge in [-0.1, -0.05) is 6.07 Å². The zero-order valence-electron chi connectivity index (χ0n) is 11.2. The van der Waals surface area contributed by atoms with Gasteiger partial charge in [0.25, 0.3) is 0 Å². The number of hydrogen-bond acceptors (Lipinski definition) is 4. The number of anilines is 1. The quantitative estimate of drug-likeness (QED) is 0.847. The molecule has 8 heteroatoms. The van der Waals surface area contributed by atoms with Gasteiger partial charge in [-0.05, 0) is 12.1 Å². The van der Waals surface area contributed by atoms with Crippen LogP contribution in [0.3, 0.4) is 0 Å². The SMILES string of the molecule is Cn1nc2c(C(=O)O)cccc2c1N1CCC(=O)NC1=O. The van der Waals surface area contributed by atoms with Crippen molar-refractivity contribution in [2.45, 2.75) is 6.42 Å². The van der Waals surface area contributed by atoms with Crippen LogP contribution in [0, 0.1) is 0 Å². The molecule has 3 amide bonds. The number of fused-ring (bicyclic) bond motifs is 1. The molecule has 1 aromatic carbocycles. The highest BCUT2D eigenvalue weighted by Gasteiger charge is 2.29. The Kier molecular flexibility index (Phi) is 2.86. The Morgan fingerprint density at radius 3 is 2.81 bits per heavy atom. The van der Waals surface area contributed by atoms with Crippen LogP contribution in [-0.2, 0) is 11.8 Å². The normalized spacial score (nSPS) is 15.4. The highest BCUT2D eigenvalue weighted by Crippen LogP contribution is 2.29. The van der Waals surface area contributed by atoms with Gasteiger partial charge in [0, 0.05) is 25.4 Å². The third-order valence-electron chi connectivity index (χ3n) is 3.37. The lowest BCUT2D eigenvalue weighted by atomic mass is 10.1. The fourth-order valence-electron chi connectivity index (χ4n) is 2.46. The maximum absolute atomic E-state index is 12.0. The van der Waals surface area contributed by atoms with Gasteiger partial charge in [-0.2, -0.15) is 5.10 Å². The number of carboxylic acid groups (broad SMARTS) is 1. The number of rotatable bonds is 2. The first kappa shape index (κ1) is 13.1. The minimum Gasteiger partial charge on any atom is -0.478 e. The van der Waals surface area contributed by atoms with E-state index in [4.69, 9.17) is 0 Å². The highest BCUT2D eigenvalue weighted by molar-refractivity contribution is 6.11. The summed E-state index contributed by atoms with van der Waals surface area (Å²) in [7, 11) is 1.63. The van der Waals surface area contributed by atoms with E-state index in [1.54, 1.807) is 19.2 Å². The van der Waals surface area contributed by atoms with Crippen molar-refractivity contribution in [3.8, 4) is 0 Å². The van der Waals surface area contributed by atoms with E-state index in [-0.39, 0.29) is 24.4 Å². The van der Waals surface area contributed by atoms with Crippen LogP contribution in [0.5, 0.6) is 0 Å². The molecule has 0 saturated carbocycles. The van der Waals surface area contributed by atoms with Gasteiger partial charge in [-0.15, -0.1) is 0 Å². The number of benzene rings is 1. The van der Waals surface area contributed by atoms with E-state index < -0.39 is 12.0 Å². The molecule has 1 saturated heterocycles. The van der Waals surface area contributed by atoms with Crippen LogP contribution in [-0.4, -0.2) is 39.3 Å². The average molecular weight is 288 g/mol. The Balaban J connectivity index is 2.17. The molecule has 0 atom stereocenters. The summed E-state index contributed by atoms with van der Waals surface area (Å²) in [6.07, 6.45) is 0.192. The van der Waals surface area contributed by atoms with Gasteiger partial charge >= 0.3 is 12.0 Å². The van der Waals surface area contributed by atoms with Crippen molar-refractivity contribution >= 4 is 34.6 Å². The summed E-state index contributed by atoms with van der Waals surface area (Å²) in [5.74, 6) is -0.935. The highest BCUT2D eigenvalue weighted by atomic mass is 16.4. The third kappa shape index (κ3) is 2.00. The van der Waals surface area contributed by atoms with Crippen LogP contribution in [0.1, 0.15) is 16.8 Å². The van der Waals surface area contributed by atoms with Gasteiger partial charge < -0.3 is 5.11 Å². The average Bonchev–Trinajstić information content (AvgIpc) is 2.74. The molecular formula is C13H12N4O4. The van der Waals surface area contributed by atoms with Crippen LogP contribution in [0.15, 0.2) is 18.2 Å². The second-order valence-corrected chi connectivity index (χ2v) is 4.71. The van der Waals surface area contributed by atoms with Crippen LogP contribution in [0.2, 0.25) is 0 Å². The molecule has 0 unspecified atom stereocenters. The molecule has 2 aromatic rings. The molecule has 0 radical (unpaired) electrons. The summed E-state index contributed by atoms with van der Waals surface area (Å²) in [6.45, 7) is 0.233. The minimum absolute atomic E-state index is 0.0721. The van der Waals surface area contributed by atoms with Gasteiger partial charge in [-0.25, -0.2) is 9.59 Å². The van der Waals surface area contributed by atoms with Gasteiger partial charge in [0.05, 0.1) is 5.56 Å². The summed E-state index contributed by atoms with van der Waals surface area (Å²) in [5.41, 5.74) is 0.384. The second-order valence-electron chi connectivity index (χ2n) is 4.71. The van der Waals surface area contributed by atoms with Crippen molar-refractivity contribution in [1.82, 2.24) is 15.1 Å². The van der Waals surface area contributed by atoms with Gasteiger partial charge in [0.15, 0.2) is 0 Å². The smallest absolute Gasteiger partial charge is 0.337 e. The molecule has 0 spiro atoms. The summed E-state index contributed by atoms with van der Waals surface area (Å²) in [4.78, 5) is 35.8. The lowest BCUT2D eigenvalue weighted by Crippen LogP contribution is -2.50. The van der Waals surface area contributed by atoms with Crippen molar-refractivity contribution in [3.63, 3.8) is 0 Å². The number of carboxylic acids is 1. The van der Waals surface area contributed by atoms with Crippen LogP contribution in [0.4, 0.5) is 10.6 Å². The largest absolute Gasteiger partial charge is 0.478 e. The number of aromatic nitrogens is 2. The Labute approximate surface area is 118 Å². The van der Waals surface area contributed by atoms with E-state index >= 15 is 0 Å².